The predicted molar refractivity (Wildman–Crippen MR) is 93.9 cm³/mol. The highest BCUT2D eigenvalue weighted by molar-refractivity contribution is 5.43. The van der Waals surface area contributed by atoms with Crippen LogP contribution in [0.3, 0.4) is 0 Å². The Morgan fingerprint density at radius 1 is 1.21 bits per heavy atom. The van der Waals surface area contributed by atoms with Crippen LogP contribution >= 0.6 is 0 Å². The molecule has 6 heteroatoms. The zero-order valence-electron chi connectivity index (χ0n) is 15.3. The lowest BCUT2D eigenvalue weighted by molar-refractivity contribution is 0.310. The third-order valence-corrected chi connectivity index (χ3v) is 4.05. The molecule has 132 valence electrons. The van der Waals surface area contributed by atoms with Crippen LogP contribution < -0.4 is 19.5 Å². The van der Waals surface area contributed by atoms with Crippen LogP contribution in [-0.4, -0.2) is 30.6 Å². The summed E-state index contributed by atoms with van der Waals surface area (Å²) >= 11 is 0. The molecule has 0 saturated carbocycles. The van der Waals surface area contributed by atoms with E-state index in [0.29, 0.717) is 13.2 Å². The van der Waals surface area contributed by atoms with E-state index in [-0.39, 0.29) is 6.04 Å². The van der Waals surface area contributed by atoms with E-state index >= 15 is 0 Å². The first-order valence-corrected chi connectivity index (χ1v) is 8.12. The van der Waals surface area contributed by atoms with Crippen molar-refractivity contribution in [3.8, 4) is 17.4 Å². The quantitative estimate of drug-likeness (QED) is 0.805. The Balaban J connectivity index is 2.11. The van der Waals surface area contributed by atoms with E-state index in [1.807, 2.05) is 33.0 Å². The first-order valence-electron chi connectivity index (χ1n) is 8.12. The summed E-state index contributed by atoms with van der Waals surface area (Å²) in [6.45, 7) is 7.36. The fraction of sp³-hybridized carbons (Fsp3) is 0.500. The molecule has 1 N–H and O–H groups in total. The summed E-state index contributed by atoms with van der Waals surface area (Å²) < 4.78 is 18.2. The lowest BCUT2D eigenvalue weighted by Crippen LogP contribution is -2.19. The zero-order chi connectivity index (χ0) is 17.7. The van der Waals surface area contributed by atoms with E-state index in [9.17, 15) is 0 Å². The van der Waals surface area contributed by atoms with Gasteiger partial charge in [0.1, 0.15) is 0 Å². The number of nitrogens with one attached hydrogen (secondary N) is 1. The molecule has 0 fully saturated rings. The van der Waals surface area contributed by atoms with Crippen LogP contribution in [0.15, 0.2) is 18.2 Å². The van der Waals surface area contributed by atoms with Gasteiger partial charge in [0.05, 0.1) is 32.1 Å². The van der Waals surface area contributed by atoms with Crippen LogP contribution in [0.5, 0.6) is 17.4 Å². The molecule has 1 atom stereocenters. The van der Waals surface area contributed by atoms with Crippen LogP contribution in [-0.2, 0) is 13.6 Å². The average molecular weight is 333 g/mol. The first-order chi connectivity index (χ1) is 11.5. The fourth-order valence-corrected chi connectivity index (χ4v) is 2.74. The topological polar surface area (TPSA) is 57.5 Å². The maximum Gasteiger partial charge on any atom is 0.216 e. The number of ether oxygens (including phenoxy) is 3. The third-order valence-electron chi connectivity index (χ3n) is 4.05. The highest BCUT2D eigenvalue weighted by Gasteiger charge is 2.16. The van der Waals surface area contributed by atoms with Gasteiger partial charge in [0.2, 0.25) is 5.88 Å². The van der Waals surface area contributed by atoms with Crippen molar-refractivity contribution in [1.29, 1.82) is 0 Å². The Kier molecular flexibility index (Phi) is 6.09. The molecule has 24 heavy (non-hydrogen) atoms. The highest BCUT2D eigenvalue weighted by Crippen LogP contribution is 2.30. The molecule has 1 aromatic carbocycles. The number of hydrogen-bond acceptors (Lipinski definition) is 5. The summed E-state index contributed by atoms with van der Waals surface area (Å²) in [6.07, 6.45) is 0. The first kappa shape index (κ1) is 18.1. The van der Waals surface area contributed by atoms with Crippen LogP contribution in [0.2, 0.25) is 0 Å². The Hall–Kier alpha value is -2.21. The van der Waals surface area contributed by atoms with Crippen molar-refractivity contribution in [2.45, 2.75) is 33.4 Å². The van der Waals surface area contributed by atoms with Gasteiger partial charge in [-0.05, 0) is 38.5 Å². The van der Waals surface area contributed by atoms with E-state index in [4.69, 9.17) is 14.2 Å². The van der Waals surface area contributed by atoms with Gasteiger partial charge in [-0.15, -0.1) is 0 Å². The third kappa shape index (κ3) is 3.82. The average Bonchev–Trinajstić information content (AvgIpc) is 2.85. The van der Waals surface area contributed by atoms with Gasteiger partial charge in [0, 0.05) is 19.6 Å². The summed E-state index contributed by atoms with van der Waals surface area (Å²) in [6, 6.07) is 6.17. The largest absolute Gasteiger partial charge is 0.493 e. The molecule has 1 heterocycles. The molecule has 1 unspecified atom stereocenters. The van der Waals surface area contributed by atoms with Crippen molar-refractivity contribution in [3.05, 3.63) is 35.0 Å². The van der Waals surface area contributed by atoms with Crippen molar-refractivity contribution in [1.82, 2.24) is 15.1 Å². The fourth-order valence-electron chi connectivity index (χ4n) is 2.74. The number of rotatable bonds is 8. The van der Waals surface area contributed by atoms with Gasteiger partial charge in [-0.2, -0.15) is 5.10 Å². The molecule has 0 aliphatic rings. The van der Waals surface area contributed by atoms with Gasteiger partial charge in [-0.3, -0.25) is 0 Å². The molecule has 2 aromatic rings. The molecule has 0 radical (unpaired) electrons. The molecule has 0 saturated heterocycles. The Bertz CT molecular complexity index is 682. The minimum absolute atomic E-state index is 0.152. The lowest BCUT2D eigenvalue weighted by Gasteiger charge is -2.17. The summed E-state index contributed by atoms with van der Waals surface area (Å²) in [5.74, 6) is 2.30. The van der Waals surface area contributed by atoms with E-state index in [2.05, 4.69) is 23.4 Å². The van der Waals surface area contributed by atoms with Crippen LogP contribution in [0, 0.1) is 6.92 Å². The second kappa shape index (κ2) is 8.06. The van der Waals surface area contributed by atoms with E-state index in [1.54, 1.807) is 18.9 Å². The van der Waals surface area contributed by atoms with Crippen molar-refractivity contribution in [2.75, 3.05) is 20.8 Å². The van der Waals surface area contributed by atoms with E-state index in [1.165, 1.54) is 0 Å². The maximum absolute atomic E-state index is 5.57. The van der Waals surface area contributed by atoms with Crippen molar-refractivity contribution in [3.63, 3.8) is 0 Å². The summed E-state index contributed by atoms with van der Waals surface area (Å²) in [5.41, 5.74) is 3.18. The van der Waals surface area contributed by atoms with Crippen molar-refractivity contribution < 1.29 is 14.2 Å². The van der Waals surface area contributed by atoms with Gasteiger partial charge < -0.3 is 19.5 Å². The molecular weight excluding hydrogens is 306 g/mol. The van der Waals surface area contributed by atoms with Gasteiger partial charge in [-0.1, -0.05) is 6.07 Å². The molecule has 0 aliphatic carbocycles. The second-order valence-corrected chi connectivity index (χ2v) is 5.64. The van der Waals surface area contributed by atoms with Gasteiger partial charge in [0.15, 0.2) is 11.5 Å². The van der Waals surface area contributed by atoms with Gasteiger partial charge in [0.25, 0.3) is 0 Å². The minimum Gasteiger partial charge on any atom is -0.493 e. The molecule has 2 rings (SSSR count). The maximum atomic E-state index is 5.57. The van der Waals surface area contributed by atoms with Crippen LogP contribution in [0.4, 0.5) is 0 Å². The molecule has 0 amide bonds. The number of aryl methyl sites for hydroxylation is 2. The highest BCUT2D eigenvalue weighted by atomic mass is 16.5. The van der Waals surface area contributed by atoms with E-state index < -0.39 is 0 Å². The van der Waals surface area contributed by atoms with Gasteiger partial charge >= 0.3 is 0 Å². The normalized spacial score (nSPS) is 12.1. The number of aromatic nitrogens is 2. The predicted octanol–water partition coefficient (Wildman–Crippen LogP) is 3.00. The van der Waals surface area contributed by atoms with E-state index in [0.717, 1.165) is 34.2 Å². The monoisotopic (exact) mass is 333 g/mol. The standard InChI is InChI=1S/C18H27N3O3/c1-7-24-16-9-8-14(10-17(16)22-5)12(2)19-11-15-13(3)20-21(4)18(15)23-6/h8-10,12,19H,7,11H2,1-6H3. The van der Waals surface area contributed by atoms with Crippen LogP contribution in [0.25, 0.3) is 0 Å². The molecule has 0 bridgehead atoms. The summed E-state index contributed by atoms with van der Waals surface area (Å²) in [5, 5.41) is 7.92. The number of methoxy groups -OCH3 is 2. The smallest absolute Gasteiger partial charge is 0.216 e. The zero-order valence-corrected chi connectivity index (χ0v) is 15.3. The number of benzene rings is 1. The van der Waals surface area contributed by atoms with Gasteiger partial charge in [-0.25, -0.2) is 4.68 Å². The SMILES string of the molecule is CCOc1ccc(C(C)NCc2c(C)nn(C)c2OC)cc1OC. The lowest BCUT2D eigenvalue weighted by atomic mass is 10.1. The molecule has 6 nitrogen and oxygen atoms in total. The molecular formula is C18H27N3O3. The van der Waals surface area contributed by atoms with Crippen molar-refractivity contribution >= 4 is 0 Å². The Labute approximate surface area is 143 Å². The molecule has 0 spiro atoms. The second-order valence-electron chi connectivity index (χ2n) is 5.64. The number of nitrogens with zero attached hydrogens (tertiary/aromatic N) is 2. The molecule has 0 aliphatic heterocycles. The minimum atomic E-state index is 0.152. The Morgan fingerprint density at radius 2 is 1.96 bits per heavy atom. The van der Waals surface area contributed by atoms with Crippen LogP contribution in [0.1, 0.15) is 36.7 Å². The Morgan fingerprint density at radius 3 is 2.58 bits per heavy atom. The summed E-state index contributed by atoms with van der Waals surface area (Å²) in [4.78, 5) is 0. The molecule has 1 aromatic heterocycles. The van der Waals surface area contributed by atoms with Crippen molar-refractivity contribution in [2.24, 2.45) is 7.05 Å². The number of hydrogen-bond donors (Lipinski definition) is 1. The summed E-state index contributed by atoms with van der Waals surface area (Å²) in [7, 11) is 5.21.